The Morgan fingerprint density at radius 1 is 1.09 bits per heavy atom. The Hall–Kier alpha value is -3.95. The number of hydrogen-bond acceptors (Lipinski definition) is 6. The molecular weight excluding hydrogens is 540 g/mol. The number of aliphatic hydroxyl groups is 1. The lowest BCUT2D eigenvalue weighted by Gasteiger charge is -2.32. The normalized spacial score (nSPS) is 22.4. The van der Waals surface area contributed by atoms with Crippen LogP contribution in [0.4, 0.5) is 10.5 Å². The van der Waals surface area contributed by atoms with Gasteiger partial charge >= 0.3 is 6.03 Å². The molecule has 0 spiro atoms. The average molecular weight is 583 g/mol. The predicted molar refractivity (Wildman–Crippen MR) is 167 cm³/mol. The first-order chi connectivity index (χ1) is 20.5. The third kappa shape index (κ3) is 5.71. The van der Waals surface area contributed by atoms with Crippen molar-refractivity contribution in [2.75, 3.05) is 18.9 Å². The number of nitrogens with zero attached hydrogens (tertiary/aromatic N) is 4. The molecule has 3 heterocycles. The van der Waals surface area contributed by atoms with Crippen LogP contribution >= 0.6 is 0 Å². The summed E-state index contributed by atoms with van der Waals surface area (Å²) in [4.78, 5) is 15.5. The molecule has 4 aromatic rings. The number of hydrogen-bond donors (Lipinski definition) is 3. The van der Waals surface area contributed by atoms with Gasteiger partial charge in [0.25, 0.3) is 0 Å². The number of benzene rings is 2. The summed E-state index contributed by atoms with van der Waals surface area (Å²) in [5.41, 5.74) is 5.15. The number of amides is 2. The van der Waals surface area contributed by atoms with E-state index in [1.165, 1.54) is 0 Å². The third-order valence-electron chi connectivity index (χ3n) is 9.18. The Kier molecular flexibility index (Phi) is 7.64. The quantitative estimate of drug-likeness (QED) is 0.249. The second-order valence-electron chi connectivity index (χ2n) is 13.2. The number of urea groups is 1. The maximum absolute atomic E-state index is 13.2. The van der Waals surface area contributed by atoms with Crippen LogP contribution < -0.4 is 15.4 Å². The SMILES string of the molecule is CN1CCC[C@@]1(C)c1nnc2ccc(O[C@@H]3CC[C@H](NC(=O)Nc4cc(CO)cc(C(C)(C)C)c4)c4ccccc43)cn12. The number of nitrogens with one attached hydrogen (secondary N) is 2. The summed E-state index contributed by atoms with van der Waals surface area (Å²) in [5.74, 6) is 1.70. The molecule has 6 rings (SSSR count). The molecule has 1 aliphatic heterocycles. The summed E-state index contributed by atoms with van der Waals surface area (Å²) in [6.07, 6.45) is 5.53. The molecular formula is C34H42N6O3. The Morgan fingerprint density at radius 3 is 2.60 bits per heavy atom. The molecule has 1 saturated heterocycles. The molecule has 1 fully saturated rings. The maximum Gasteiger partial charge on any atom is 0.319 e. The summed E-state index contributed by atoms with van der Waals surface area (Å²) in [6, 6.07) is 17.4. The number of rotatable bonds is 6. The molecule has 2 amide bonds. The molecule has 2 aliphatic rings. The third-order valence-corrected chi connectivity index (χ3v) is 9.18. The zero-order valence-electron chi connectivity index (χ0n) is 25.7. The van der Waals surface area contributed by atoms with Gasteiger partial charge in [-0.1, -0.05) is 51.1 Å². The first-order valence-electron chi connectivity index (χ1n) is 15.2. The number of anilines is 1. The zero-order valence-corrected chi connectivity index (χ0v) is 25.7. The van der Waals surface area contributed by atoms with Gasteiger partial charge in [-0.3, -0.25) is 9.30 Å². The lowest BCUT2D eigenvalue weighted by molar-refractivity contribution is 0.170. The summed E-state index contributed by atoms with van der Waals surface area (Å²) in [6.45, 7) is 9.53. The Bertz CT molecular complexity index is 1640. The summed E-state index contributed by atoms with van der Waals surface area (Å²) >= 11 is 0. The lowest BCUT2D eigenvalue weighted by Crippen LogP contribution is -2.37. The second kappa shape index (κ2) is 11.3. The van der Waals surface area contributed by atoms with Gasteiger partial charge in [0.05, 0.1) is 24.4 Å². The highest BCUT2D eigenvalue weighted by molar-refractivity contribution is 5.89. The molecule has 3 N–H and O–H groups in total. The van der Waals surface area contributed by atoms with Crippen molar-refractivity contribution in [1.82, 2.24) is 24.8 Å². The van der Waals surface area contributed by atoms with E-state index >= 15 is 0 Å². The largest absolute Gasteiger partial charge is 0.484 e. The van der Waals surface area contributed by atoms with E-state index in [2.05, 4.69) is 77.0 Å². The summed E-state index contributed by atoms with van der Waals surface area (Å²) in [7, 11) is 2.15. The molecule has 3 atom stereocenters. The minimum atomic E-state index is -0.273. The molecule has 9 heteroatoms. The van der Waals surface area contributed by atoms with Crippen LogP contribution in [0.25, 0.3) is 5.65 Å². The van der Waals surface area contributed by atoms with Gasteiger partial charge in [0, 0.05) is 5.69 Å². The van der Waals surface area contributed by atoms with Gasteiger partial charge in [-0.15, -0.1) is 10.2 Å². The smallest absolute Gasteiger partial charge is 0.319 e. The number of pyridine rings is 1. The number of carbonyl (C=O) groups is 1. The fraction of sp³-hybridized carbons (Fsp3) is 0.441. The van der Waals surface area contributed by atoms with Crippen molar-refractivity contribution >= 4 is 17.4 Å². The molecule has 0 saturated carbocycles. The van der Waals surface area contributed by atoms with E-state index < -0.39 is 0 Å². The van der Waals surface area contributed by atoms with Gasteiger partial charge in [-0.05, 0) is 98.1 Å². The molecule has 2 aromatic carbocycles. The monoisotopic (exact) mass is 582 g/mol. The molecule has 226 valence electrons. The van der Waals surface area contributed by atoms with Crippen molar-refractivity contribution < 1.29 is 14.6 Å². The average Bonchev–Trinajstić information content (AvgIpc) is 3.56. The summed E-state index contributed by atoms with van der Waals surface area (Å²) in [5, 5.41) is 24.9. The van der Waals surface area contributed by atoms with Crippen molar-refractivity contribution in [1.29, 1.82) is 0 Å². The van der Waals surface area contributed by atoms with Crippen LogP contribution in [0, 0.1) is 0 Å². The van der Waals surface area contributed by atoms with E-state index in [0.717, 1.165) is 71.7 Å². The first-order valence-corrected chi connectivity index (χ1v) is 15.2. The van der Waals surface area contributed by atoms with E-state index in [1.54, 1.807) is 0 Å². The van der Waals surface area contributed by atoms with Crippen molar-refractivity contribution in [3.05, 3.63) is 88.9 Å². The van der Waals surface area contributed by atoms with Crippen LogP contribution in [-0.2, 0) is 17.6 Å². The molecule has 43 heavy (non-hydrogen) atoms. The van der Waals surface area contributed by atoms with Gasteiger partial charge in [0.1, 0.15) is 11.9 Å². The van der Waals surface area contributed by atoms with Crippen LogP contribution in [0.1, 0.15) is 93.6 Å². The Labute approximate surface area is 253 Å². The zero-order chi connectivity index (χ0) is 30.4. The van der Waals surface area contributed by atoms with Crippen LogP contribution in [-0.4, -0.2) is 44.2 Å². The molecule has 1 aliphatic carbocycles. The first kappa shape index (κ1) is 29.1. The molecule has 0 radical (unpaired) electrons. The lowest BCUT2D eigenvalue weighted by atomic mass is 9.85. The van der Waals surface area contributed by atoms with Gasteiger partial charge < -0.3 is 20.5 Å². The highest BCUT2D eigenvalue weighted by Gasteiger charge is 2.39. The number of likely N-dealkylation sites (tertiary alicyclic amines) is 1. The van der Waals surface area contributed by atoms with Crippen LogP contribution in [0.2, 0.25) is 0 Å². The van der Waals surface area contributed by atoms with Crippen LogP contribution in [0.5, 0.6) is 5.75 Å². The van der Waals surface area contributed by atoms with Gasteiger partial charge in [0.2, 0.25) is 0 Å². The van der Waals surface area contributed by atoms with Gasteiger partial charge in [-0.25, -0.2) is 4.79 Å². The fourth-order valence-corrected chi connectivity index (χ4v) is 6.49. The molecule has 2 aromatic heterocycles. The molecule has 0 unspecified atom stereocenters. The van der Waals surface area contributed by atoms with Crippen molar-refractivity contribution in [3.8, 4) is 5.75 Å². The van der Waals surface area contributed by atoms with Gasteiger partial charge in [-0.2, -0.15) is 0 Å². The van der Waals surface area contributed by atoms with Crippen LogP contribution in [0.15, 0.2) is 60.8 Å². The molecule has 9 nitrogen and oxygen atoms in total. The minimum absolute atomic E-state index is 0.0838. The Balaban J connectivity index is 1.19. The van der Waals surface area contributed by atoms with Crippen molar-refractivity contribution in [3.63, 3.8) is 0 Å². The molecule has 0 bridgehead atoms. The topological polar surface area (TPSA) is 104 Å². The highest BCUT2D eigenvalue weighted by Crippen LogP contribution is 2.40. The number of ether oxygens (including phenoxy) is 1. The second-order valence-corrected chi connectivity index (χ2v) is 13.2. The van der Waals surface area contributed by atoms with E-state index in [1.807, 2.05) is 48.7 Å². The van der Waals surface area contributed by atoms with E-state index in [4.69, 9.17) is 4.74 Å². The number of carbonyl (C=O) groups excluding carboxylic acids is 1. The van der Waals surface area contributed by atoms with Crippen molar-refractivity contribution in [2.24, 2.45) is 0 Å². The number of fused-ring (bicyclic) bond motifs is 2. The van der Waals surface area contributed by atoms with E-state index in [0.29, 0.717) is 5.69 Å². The Morgan fingerprint density at radius 2 is 1.88 bits per heavy atom. The van der Waals surface area contributed by atoms with Crippen molar-refractivity contribution in [2.45, 2.75) is 83.1 Å². The number of aromatic nitrogens is 3. The summed E-state index contributed by atoms with van der Waals surface area (Å²) < 4.78 is 8.68. The standard InChI is InChI=1S/C34H42N6O3/c1-33(2,3)23-17-22(21-41)18-24(19-23)35-32(42)36-28-12-13-29(27-10-7-6-9-26(27)28)43-25-11-14-30-37-38-31(40(30)20-25)34(4)15-8-16-39(34)5/h6-7,9-11,14,17-20,28-29,41H,8,12-13,15-16,21H2,1-5H3,(H2,35,36,42)/t28-,29+,34-/m0/s1. The predicted octanol–water partition coefficient (Wildman–Crippen LogP) is 6.24. The van der Waals surface area contributed by atoms with Gasteiger partial charge in [0.15, 0.2) is 11.5 Å². The van der Waals surface area contributed by atoms with E-state index in [9.17, 15) is 9.90 Å². The highest BCUT2D eigenvalue weighted by atomic mass is 16.5. The van der Waals surface area contributed by atoms with E-state index in [-0.39, 0.29) is 35.7 Å². The minimum Gasteiger partial charge on any atom is -0.484 e. The van der Waals surface area contributed by atoms with Crippen LogP contribution in [0.3, 0.4) is 0 Å². The fourth-order valence-electron chi connectivity index (χ4n) is 6.49. The maximum atomic E-state index is 13.2. The number of aliphatic hydroxyl groups excluding tert-OH is 1.